The van der Waals surface area contributed by atoms with Crippen molar-refractivity contribution in [2.45, 2.75) is 19.4 Å². The molecule has 2 rings (SSSR count). The Bertz CT molecular complexity index is 581. The lowest BCUT2D eigenvalue weighted by Gasteiger charge is -2.18. The third-order valence-electron chi connectivity index (χ3n) is 3.53. The van der Waals surface area contributed by atoms with E-state index in [1.54, 1.807) is 14.2 Å². The van der Waals surface area contributed by atoms with E-state index in [0.717, 1.165) is 30.0 Å². The predicted octanol–water partition coefficient (Wildman–Crippen LogP) is 2.33. The van der Waals surface area contributed by atoms with Gasteiger partial charge in [0.05, 0.1) is 20.4 Å². The molecule has 1 aromatic carbocycles. The normalized spacial score (nSPS) is 12.2. The Morgan fingerprint density at radius 3 is 2.71 bits per heavy atom. The van der Waals surface area contributed by atoms with Crippen LogP contribution in [-0.2, 0) is 13.5 Å². The number of nitrogens with one attached hydrogen (secondary N) is 1. The van der Waals surface area contributed by atoms with Gasteiger partial charge in [-0.25, -0.2) is 0 Å². The van der Waals surface area contributed by atoms with Crippen molar-refractivity contribution in [2.75, 3.05) is 20.8 Å². The largest absolute Gasteiger partial charge is 0.497 e. The molecule has 0 amide bonds. The summed E-state index contributed by atoms with van der Waals surface area (Å²) in [5.41, 5.74) is 2.36. The summed E-state index contributed by atoms with van der Waals surface area (Å²) in [7, 11) is 5.27. The Hall–Kier alpha value is -2.01. The zero-order valence-electron chi connectivity index (χ0n) is 13.1. The van der Waals surface area contributed by atoms with Crippen LogP contribution < -0.4 is 14.8 Å². The molecule has 0 fully saturated rings. The molecule has 1 atom stereocenters. The molecule has 0 saturated heterocycles. The molecule has 0 aliphatic rings. The molecule has 0 bridgehead atoms. The van der Waals surface area contributed by atoms with Crippen molar-refractivity contribution in [3.8, 4) is 11.5 Å². The summed E-state index contributed by atoms with van der Waals surface area (Å²) >= 11 is 0. The zero-order valence-corrected chi connectivity index (χ0v) is 13.1. The van der Waals surface area contributed by atoms with Crippen LogP contribution in [0.1, 0.15) is 24.1 Å². The van der Waals surface area contributed by atoms with Crippen molar-refractivity contribution in [3.63, 3.8) is 0 Å². The van der Waals surface area contributed by atoms with Gasteiger partial charge in [0.15, 0.2) is 0 Å². The van der Waals surface area contributed by atoms with Crippen LogP contribution in [0.3, 0.4) is 0 Å². The number of hydrogen-bond acceptors (Lipinski definition) is 4. The highest BCUT2D eigenvalue weighted by Gasteiger charge is 2.12. The monoisotopic (exact) mass is 289 g/mol. The molecule has 0 aliphatic carbocycles. The Labute approximate surface area is 125 Å². The maximum Gasteiger partial charge on any atom is 0.127 e. The number of rotatable bonds is 7. The minimum absolute atomic E-state index is 0.211. The number of aryl methyl sites for hydroxylation is 1. The molecule has 0 saturated carbocycles. The summed E-state index contributed by atoms with van der Waals surface area (Å²) in [6.07, 6.45) is 4.90. The fraction of sp³-hybridized carbons (Fsp3) is 0.438. The molecule has 1 heterocycles. The SMILES string of the molecule is COc1ccc(C(C)NCCc2cnn(C)c2)c(OC)c1. The number of aromatic nitrogens is 2. The van der Waals surface area contributed by atoms with Crippen LogP contribution in [0.15, 0.2) is 30.6 Å². The van der Waals surface area contributed by atoms with Crippen molar-refractivity contribution in [2.24, 2.45) is 7.05 Å². The van der Waals surface area contributed by atoms with Gasteiger partial charge in [0.25, 0.3) is 0 Å². The Kier molecular flexibility index (Phi) is 5.22. The van der Waals surface area contributed by atoms with Crippen LogP contribution in [0, 0.1) is 0 Å². The quantitative estimate of drug-likeness (QED) is 0.850. The molecule has 114 valence electrons. The molecule has 0 aliphatic heterocycles. The Morgan fingerprint density at radius 1 is 1.29 bits per heavy atom. The van der Waals surface area contributed by atoms with Gasteiger partial charge in [-0.05, 0) is 31.5 Å². The van der Waals surface area contributed by atoms with Crippen molar-refractivity contribution in [1.29, 1.82) is 0 Å². The van der Waals surface area contributed by atoms with E-state index in [2.05, 4.69) is 17.3 Å². The third-order valence-corrected chi connectivity index (χ3v) is 3.53. The van der Waals surface area contributed by atoms with Gasteiger partial charge in [-0.1, -0.05) is 6.07 Å². The second-order valence-electron chi connectivity index (χ2n) is 5.06. The second-order valence-corrected chi connectivity index (χ2v) is 5.06. The molecule has 2 aromatic rings. The van der Waals surface area contributed by atoms with Crippen LogP contribution in [0.2, 0.25) is 0 Å². The van der Waals surface area contributed by atoms with Crippen LogP contribution in [0.25, 0.3) is 0 Å². The summed E-state index contributed by atoms with van der Waals surface area (Å²) in [5, 5.41) is 7.69. The first-order valence-electron chi connectivity index (χ1n) is 7.07. The molecule has 1 N–H and O–H groups in total. The standard InChI is InChI=1S/C16H23N3O2/c1-12(17-8-7-13-10-18-19(2)11-13)15-6-5-14(20-3)9-16(15)21-4/h5-6,9-12,17H,7-8H2,1-4H3. The van der Waals surface area contributed by atoms with Crippen molar-refractivity contribution in [1.82, 2.24) is 15.1 Å². The van der Waals surface area contributed by atoms with E-state index in [4.69, 9.17) is 9.47 Å². The van der Waals surface area contributed by atoms with Crippen molar-refractivity contribution in [3.05, 3.63) is 41.7 Å². The van der Waals surface area contributed by atoms with Gasteiger partial charge in [0.1, 0.15) is 11.5 Å². The number of ether oxygens (including phenoxy) is 2. The van der Waals surface area contributed by atoms with Crippen LogP contribution in [-0.4, -0.2) is 30.5 Å². The van der Waals surface area contributed by atoms with E-state index < -0.39 is 0 Å². The van der Waals surface area contributed by atoms with Gasteiger partial charge in [0.2, 0.25) is 0 Å². The Morgan fingerprint density at radius 2 is 2.10 bits per heavy atom. The molecule has 1 aromatic heterocycles. The number of nitrogens with zero attached hydrogens (tertiary/aromatic N) is 2. The van der Waals surface area contributed by atoms with Crippen LogP contribution >= 0.6 is 0 Å². The topological polar surface area (TPSA) is 48.3 Å². The van der Waals surface area contributed by atoms with E-state index >= 15 is 0 Å². The van der Waals surface area contributed by atoms with Crippen molar-refractivity contribution < 1.29 is 9.47 Å². The lowest BCUT2D eigenvalue weighted by Crippen LogP contribution is -2.21. The fourth-order valence-corrected chi connectivity index (χ4v) is 2.32. The fourth-order valence-electron chi connectivity index (χ4n) is 2.32. The summed E-state index contributed by atoms with van der Waals surface area (Å²) in [5.74, 6) is 1.65. The highest BCUT2D eigenvalue weighted by molar-refractivity contribution is 5.42. The second kappa shape index (κ2) is 7.13. The van der Waals surface area contributed by atoms with E-state index in [9.17, 15) is 0 Å². The first kappa shape index (κ1) is 15.4. The predicted molar refractivity (Wildman–Crippen MR) is 82.9 cm³/mol. The van der Waals surface area contributed by atoms with E-state index in [1.165, 1.54) is 5.56 Å². The third kappa shape index (κ3) is 3.98. The number of benzene rings is 1. The molecular weight excluding hydrogens is 266 g/mol. The molecule has 5 heteroatoms. The lowest BCUT2D eigenvalue weighted by atomic mass is 10.1. The zero-order chi connectivity index (χ0) is 15.2. The first-order valence-corrected chi connectivity index (χ1v) is 7.07. The van der Waals surface area contributed by atoms with E-state index in [-0.39, 0.29) is 6.04 Å². The number of methoxy groups -OCH3 is 2. The summed E-state index contributed by atoms with van der Waals surface area (Å²) < 4.78 is 12.5. The maximum atomic E-state index is 5.44. The van der Waals surface area contributed by atoms with Gasteiger partial charge in [0, 0.05) is 30.9 Å². The molecule has 5 nitrogen and oxygen atoms in total. The smallest absolute Gasteiger partial charge is 0.127 e. The van der Waals surface area contributed by atoms with Crippen LogP contribution in [0.5, 0.6) is 11.5 Å². The summed E-state index contributed by atoms with van der Waals surface area (Å²) in [4.78, 5) is 0. The van der Waals surface area contributed by atoms with Crippen LogP contribution in [0.4, 0.5) is 0 Å². The lowest BCUT2D eigenvalue weighted by molar-refractivity contribution is 0.386. The Balaban J connectivity index is 1.94. The first-order chi connectivity index (χ1) is 10.1. The molecule has 0 radical (unpaired) electrons. The van der Waals surface area contributed by atoms with Gasteiger partial charge in [-0.2, -0.15) is 5.10 Å². The van der Waals surface area contributed by atoms with Gasteiger partial charge in [-0.3, -0.25) is 4.68 Å². The average Bonchev–Trinajstić information content (AvgIpc) is 2.91. The molecule has 21 heavy (non-hydrogen) atoms. The maximum absolute atomic E-state index is 5.44. The van der Waals surface area contributed by atoms with Gasteiger partial charge < -0.3 is 14.8 Å². The molecular formula is C16H23N3O2. The van der Waals surface area contributed by atoms with E-state index in [1.807, 2.05) is 42.3 Å². The van der Waals surface area contributed by atoms with Crippen molar-refractivity contribution >= 4 is 0 Å². The highest BCUT2D eigenvalue weighted by atomic mass is 16.5. The molecule has 1 unspecified atom stereocenters. The minimum Gasteiger partial charge on any atom is -0.497 e. The minimum atomic E-state index is 0.211. The van der Waals surface area contributed by atoms with Gasteiger partial charge >= 0.3 is 0 Å². The van der Waals surface area contributed by atoms with E-state index in [0.29, 0.717) is 0 Å². The highest BCUT2D eigenvalue weighted by Crippen LogP contribution is 2.29. The average molecular weight is 289 g/mol. The summed E-state index contributed by atoms with van der Waals surface area (Å²) in [6, 6.07) is 6.12. The summed E-state index contributed by atoms with van der Waals surface area (Å²) in [6.45, 7) is 3.02. The molecule has 0 spiro atoms. The van der Waals surface area contributed by atoms with Gasteiger partial charge in [-0.15, -0.1) is 0 Å². The number of hydrogen-bond donors (Lipinski definition) is 1.